The molecule has 8 heteroatoms. The molecule has 0 spiro atoms. The Hall–Kier alpha value is -3.62. The largest absolute Gasteiger partial charge is 0.341 e. The highest BCUT2D eigenvalue weighted by Crippen LogP contribution is 2.31. The second-order valence-electron chi connectivity index (χ2n) is 8.35. The van der Waals surface area contributed by atoms with Gasteiger partial charge in [0.25, 0.3) is 10.0 Å². The molecule has 0 aliphatic rings. The molecule has 6 nitrogen and oxygen atoms in total. The van der Waals surface area contributed by atoms with Gasteiger partial charge in [-0.15, -0.1) is 0 Å². The highest BCUT2D eigenvalue weighted by Gasteiger charge is 2.27. The van der Waals surface area contributed by atoms with Gasteiger partial charge in [-0.3, -0.25) is 9.10 Å². The van der Waals surface area contributed by atoms with Crippen LogP contribution in [0.5, 0.6) is 0 Å². The van der Waals surface area contributed by atoms with E-state index in [2.05, 4.69) is 44.9 Å². The average Bonchev–Trinajstić information content (AvgIpc) is 3.20. The number of nitrogens with zero attached hydrogens (tertiary/aromatic N) is 2. The predicted molar refractivity (Wildman–Crippen MR) is 149 cm³/mol. The van der Waals surface area contributed by atoms with Crippen molar-refractivity contribution in [2.24, 2.45) is 0 Å². The van der Waals surface area contributed by atoms with E-state index in [9.17, 15) is 13.2 Å². The number of carbonyl (C=O) groups is 1. The molecular weight excluding hydrogens is 538 g/mol. The van der Waals surface area contributed by atoms with Crippen LogP contribution in [0.1, 0.15) is 6.92 Å². The predicted octanol–water partition coefficient (Wildman–Crippen LogP) is 6.41. The van der Waals surface area contributed by atoms with Crippen molar-refractivity contribution in [2.75, 3.05) is 16.2 Å². The van der Waals surface area contributed by atoms with Crippen molar-refractivity contribution in [3.8, 4) is 0 Å². The smallest absolute Gasteiger partial charge is 0.264 e. The Kier molecular flexibility index (Phi) is 6.55. The van der Waals surface area contributed by atoms with Crippen LogP contribution < -0.4 is 9.62 Å². The fraction of sp³-hybridized carbons (Fsp3) is 0.107. The Bertz CT molecular complexity index is 1680. The van der Waals surface area contributed by atoms with Gasteiger partial charge in [0, 0.05) is 38.5 Å². The number of carbonyl (C=O) groups excluding carboxylic acids is 1. The maximum atomic E-state index is 13.5. The van der Waals surface area contributed by atoms with Gasteiger partial charge in [-0.1, -0.05) is 58.4 Å². The van der Waals surface area contributed by atoms with Crippen molar-refractivity contribution in [3.05, 3.63) is 102 Å². The fourth-order valence-electron chi connectivity index (χ4n) is 4.47. The quantitative estimate of drug-likeness (QED) is 0.249. The van der Waals surface area contributed by atoms with E-state index in [-0.39, 0.29) is 11.4 Å². The number of rotatable bonds is 7. The van der Waals surface area contributed by atoms with Gasteiger partial charge in [0.15, 0.2) is 0 Å². The molecule has 0 unspecified atom stereocenters. The van der Waals surface area contributed by atoms with Crippen LogP contribution in [0.2, 0.25) is 0 Å². The molecule has 1 N–H and O–H groups in total. The first-order chi connectivity index (χ1) is 17.4. The minimum absolute atomic E-state index is 0.117. The molecule has 1 heterocycles. The molecule has 182 valence electrons. The summed E-state index contributed by atoms with van der Waals surface area (Å²) in [5.41, 5.74) is 3.22. The number of benzene rings is 4. The SMILES string of the molecule is CCn1c2ccccc2c2cc(NC(=O)CN(c3cccc(Br)c3)S(=O)(=O)c3ccccc3)ccc21. The molecule has 1 amide bonds. The molecule has 1 aromatic heterocycles. The summed E-state index contributed by atoms with van der Waals surface area (Å²) in [6.07, 6.45) is 0. The number of para-hydroxylation sites is 1. The third kappa shape index (κ3) is 4.50. The summed E-state index contributed by atoms with van der Waals surface area (Å²) in [6, 6.07) is 29.0. The number of anilines is 2. The van der Waals surface area contributed by atoms with Crippen molar-refractivity contribution in [1.82, 2.24) is 4.57 Å². The van der Waals surface area contributed by atoms with Gasteiger partial charge < -0.3 is 9.88 Å². The van der Waals surface area contributed by atoms with E-state index >= 15 is 0 Å². The molecule has 0 aliphatic heterocycles. The lowest BCUT2D eigenvalue weighted by Crippen LogP contribution is -2.38. The summed E-state index contributed by atoms with van der Waals surface area (Å²) in [4.78, 5) is 13.3. The second kappa shape index (κ2) is 9.79. The second-order valence-corrected chi connectivity index (χ2v) is 11.1. The Labute approximate surface area is 218 Å². The maximum absolute atomic E-state index is 13.5. The lowest BCUT2D eigenvalue weighted by atomic mass is 10.1. The molecule has 5 aromatic rings. The molecule has 0 aliphatic carbocycles. The van der Waals surface area contributed by atoms with Crippen molar-refractivity contribution >= 4 is 65.0 Å². The number of aryl methyl sites for hydroxylation is 1. The Morgan fingerprint density at radius 3 is 2.33 bits per heavy atom. The number of hydrogen-bond acceptors (Lipinski definition) is 3. The van der Waals surface area contributed by atoms with Gasteiger partial charge in [-0.05, 0) is 61.5 Å². The van der Waals surface area contributed by atoms with Crippen LogP contribution in [0.4, 0.5) is 11.4 Å². The van der Waals surface area contributed by atoms with Crippen LogP contribution in [0.3, 0.4) is 0 Å². The third-order valence-corrected chi connectivity index (χ3v) is 8.37. The minimum atomic E-state index is -3.97. The highest BCUT2D eigenvalue weighted by molar-refractivity contribution is 9.10. The molecule has 4 aromatic carbocycles. The molecule has 0 radical (unpaired) electrons. The zero-order valence-corrected chi connectivity index (χ0v) is 22.0. The Balaban J connectivity index is 1.48. The Morgan fingerprint density at radius 1 is 0.861 bits per heavy atom. The Morgan fingerprint density at radius 2 is 1.58 bits per heavy atom. The van der Waals surface area contributed by atoms with E-state index < -0.39 is 15.9 Å². The van der Waals surface area contributed by atoms with Crippen molar-refractivity contribution in [3.63, 3.8) is 0 Å². The topological polar surface area (TPSA) is 71.4 Å². The molecule has 36 heavy (non-hydrogen) atoms. The third-order valence-electron chi connectivity index (χ3n) is 6.09. The first kappa shape index (κ1) is 24.1. The summed E-state index contributed by atoms with van der Waals surface area (Å²) >= 11 is 3.40. The molecule has 0 fully saturated rings. The van der Waals surface area contributed by atoms with Crippen LogP contribution in [-0.4, -0.2) is 25.4 Å². The zero-order chi connectivity index (χ0) is 25.3. The number of amides is 1. The van der Waals surface area contributed by atoms with Gasteiger partial charge in [-0.2, -0.15) is 0 Å². The number of nitrogens with one attached hydrogen (secondary N) is 1. The summed E-state index contributed by atoms with van der Waals surface area (Å²) in [5, 5.41) is 5.04. The van der Waals surface area contributed by atoms with Gasteiger partial charge >= 0.3 is 0 Å². The van der Waals surface area contributed by atoms with Crippen LogP contribution in [-0.2, 0) is 21.4 Å². The lowest BCUT2D eigenvalue weighted by Gasteiger charge is -2.24. The zero-order valence-electron chi connectivity index (χ0n) is 19.6. The standard InChI is InChI=1S/C28H24BrN3O3S/c1-2-31-26-14-7-6-13-24(26)25-18-21(15-16-27(25)31)30-28(33)19-32(22-10-8-9-20(29)17-22)36(34,35)23-11-4-3-5-12-23/h3-18H,2,19H2,1H3,(H,30,33). The highest BCUT2D eigenvalue weighted by atomic mass is 79.9. The summed E-state index contributed by atoms with van der Waals surface area (Å²) in [7, 11) is -3.97. The minimum Gasteiger partial charge on any atom is -0.341 e. The molecule has 0 saturated carbocycles. The summed E-state index contributed by atoms with van der Waals surface area (Å²) in [5.74, 6) is -0.437. The van der Waals surface area contributed by atoms with Crippen molar-refractivity contribution < 1.29 is 13.2 Å². The van der Waals surface area contributed by atoms with Crippen LogP contribution >= 0.6 is 15.9 Å². The summed E-state index contributed by atoms with van der Waals surface area (Å²) in [6.45, 7) is 2.56. The van der Waals surface area contributed by atoms with E-state index in [0.717, 1.165) is 32.7 Å². The average molecular weight is 562 g/mol. The number of halogens is 1. The first-order valence-corrected chi connectivity index (χ1v) is 13.8. The van der Waals surface area contributed by atoms with Gasteiger partial charge in [0.05, 0.1) is 10.6 Å². The number of aromatic nitrogens is 1. The number of hydrogen-bond donors (Lipinski definition) is 1. The first-order valence-electron chi connectivity index (χ1n) is 11.5. The molecule has 0 saturated heterocycles. The van der Waals surface area contributed by atoms with E-state index in [1.807, 2.05) is 30.3 Å². The fourth-order valence-corrected chi connectivity index (χ4v) is 6.29. The van der Waals surface area contributed by atoms with E-state index in [4.69, 9.17) is 0 Å². The lowest BCUT2D eigenvalue weighted by molar-refractivity contribution is -0.114. The van der Waals surface area contributed by atoms with Crippen LogP contribution in [0.15, 0.2) is 106 Å². The van der Waals surface area contributed by atoms with E-state index in [0.29, 0.717) is 15.8 Å². The van der Waals surface area contributed by atoms with Crippen molar-refractivity contribution in [2.45, 2.75) is 18.4 Å². The van der Waals surface area contributed by atoms with Crippen LogP contribution in [0.25, 0.3) is 21.8 Å². The molecule has 0 atom stereocenters. The monoisotopic (exact) mass is 561 g/mol. The van der Waals surface area contributed by atoms with E-state index in [1.54, 1.807) is 42.5 Å². The molecular formula is C28H24BrN3O3S. The molecule has 0 bridgehead atoms. The normalized spacial score (nSPS) is 11.6. The van der Waals surface area contributed by atoms with Gasteiger partial charge in [0.2, 0.25) is 5.91 Å². The van der Waals surface area contributed by atoms with Crippen molar-refractivity contribution in [1.29, 1.82) is 0 Å². The molecule has 5 rings (SSSR count). The van der Waals surface area contributed by atoms with Gasteiger partial charge in [-0.25, -0.2) is 8.42 Å². The van der Waals surface area contributed by atoms with Gasteiger partial charge in [0.1, 0.15) is 6.54 Å². The summed E-state index contributed by atoms with van der Waals surface area (Å²) < 4.78 is 31.1. The van der Waals surface area contributed by atoms with E-state index in [1.165, 1.54) is 12.1 Å². The number of fused-ring (bicyclic) bond motifs is 3. The van der Waals surface area contributed by atoms with Crippen LogP contribution in [0, 0.1) is 0 Å². The maximum Gasteiger partial charge on any atom is 0.264 e. The number of sulfonamides is 1.